The molecule has 0 saturated carbocycles. The Morgan fingerprint density at radius 3 is 2.50 bits per heavy atom. The van der Waals surface area contributed by atoms with Crippen LogP contribution in [0.3, 0.4) is 0 Å². The zero-order valence-corrected chi connectivity index (χ0v) is 12.7. The van der Waals surface area contributed by atoms with Gasteiger partial charge in [0.15, 0.2) is 0 Å². The van der Waals surface area contributed by atoms with Gasteiger partial charge in [-0.3, -0.25) is 0 Å². The summed E-state index contributed by atoms with van der Waals surface area (Å²) in [7, 11) is 0. The molecule has 2 aromatic carbocycles. The average molecular weight is 331 g/mol. The van der Waals surface area contributed by atoms with E-state index in [1.54, 1.807) is 12.1 Å². The number of nitro groups is 1. The zero-order valence-electron chi connectivity index (χ0n) is 10.9. The molecule has 20 heavy (non-hydrogen) atoms. The van der Waals surface area contributed by atoms with Crippen LogP contribution in [0.5, 0.6) is 5.75 Å². The molecule has 0 amide bonds. The van der Waals surface area contributed by atoms with Gasteiger partial charge in [-0.15, -0.1) is 0 Å². The fourth-order valence-corrected chi connectivity index (χ4v) is 2.39. The van der Waals surface area contributed by atoms with Crippen molar-refractivity contribution in [2.45, 2.75) is 18.2 Å². The maximum atomic E-state index is 11.0. The van der Waals surface area contributed by atoms with Crippen molar-refractivity contribution in [2.75, 3.05) is 0 Å². The molecule has 102 valence electrons. The average Bonchev–Trinajstić information content (AvgIpc) is 2.46. The van der Waals surface area contributed by atoms with Gasteiger partial charge >= 0.3 is 126 Å². The first-order chi connectivity index (χ1) is 9.70. The van der Waals surface area contributed by atoms with E-state index in [2.05, 4.69) is 16.9 Å². The number of nitro benzene ring substituents is 1. The quantitative estimate of drug-likeness (QED) is 0.464. The summed E-state index contributed by atoms with van der Waals surface area (Å²) in [5.41, 5.74) is 2.04. The van der Waals surface area contributed by atoms with E-state index in [1.165, 1.54) is 6.07 Å². The Kier molecular flexibility index (Phi) is 5.19. The summed E-state index contributed by atoms with van der Waals surface area (Å²) in [6.07, 6.45) is 0.861. The predicted molar refractivity (Wildman–Crippen MR) is 78.1 cm³/mol. The van der Waals surface area contributed by atoms with Crippen molar-refractivity contribution in [3.63, 3.8) is 0 Å². The molecule has 0 aliphatic carbocycles. The number of benzene rings is 2. The van der Waals surface area contributed by atoms with Gasteiger partial charge in [0, 0.05) is 0 Å². The van der Waals surface area contributed by atoms with Crippen molar-refractivity contribution in [1.29, 1.82) is 0 Å². The van der Waals surface area contributed by atoms with E-state index < -0.39 is 4.92 Å². The molecule has 0 fully saturated rings. The van der Waals surface area contributed by atoms with Crippen molar-refractivity contribution in [3.05, 3.63) is 69.8 Å². The van der Waals surface area contributed by atoms with E-state index >= 15 is 0 Å². The fourth-order valence-electron chi connectivity index (χ4n) is 1.84. The van der Waals surface area contributed by atoms with Gasteiger partial charge < -0.3 is 0 Å². The summed E-state index contributed by atoms with van der Waals surface area (Å²) in [6.45, 7) is 0.327. The summed E-state index contributed by atoms with van der Waals surface area (Å²) in [5, 5.41) is 12.0. The standard InChI is InChI=1S/C15H14AsNO3/c16-9-8-12-6-7-14(17(18)19)15(10-12)20-11-13-4-2-1-3-5-13/h1-7,10H,8-9,11H2. The predicted octanol–water partition coefficient (Wildman–Crippen LogP) is 3.30. The molecule has 4 nitrogen and oxygen atoms in total. The molecule has 0 N–H and O–H groups in total. The van der Waals surface area contributed by atoms with Gasteiger partial charge in [0.05, 0.1) is 0 Å². The van der Waals surface area contributed by atoms with Crippen LogP contribution in [-0.4, -0.2) is 21.8 Å². The zero-order chi connectivity index (χ0) is 14.4. The number of nitrogens with zero attached hydrogens (tertiary/aromatic N) is 1. The van der Waals surface area contributed by atoms with Crippen molar-refractivity contribution in [3.8, 4) is 5.75 Å². The van der Waals surface area contributed by atoms with Gasteiger partial charge in [0.1, 0.15) is 0 Å². The minimum atomic E-state index is -0.411. The van der Waals surface area contributed by atoms with E-state index in [1.807, 2.05) is 30.3 Å². The molecule has 2 rings (SSSR count). The normalized spacial score (nSPS) is 10.2. The van der Waals surface area contributed by atoms with Crippen LogP contribution in [0.4, 0.5) is 5.69 Å². The molecule has 0 heterocycles. The van der Waals surface area contributed by atoms with E-state index in [0.717, 1.165) is 22.8 Å². The molecule has 0 saturated heterocycles. The summed E-state index contributed by atoms with van der Waals surface area (Å²) >= 11 is 2.50. The monoisotopic (exact) mass is 331 g/mol. The first-order valence-electron chi connectivity index (χ1n) is 6.25. The van der Waals surface area contributed by atoms with Crippen molar-refractivity contribution in [2.24, 2.45) is 0 Å². The third-order valence-electron chi connectivity index (χ3n) is 2.86. The Morgan fingerprint density at radius 1 is 1.10 bits per heavy atom. The summed E-state index contributed by atoms with van der Waals surface area (Å²) in [6, 6.07) is 14.7. The van der Waals surface area contributed by atoms with Crippen LogP contribution in [-0.2, 0) is 13.0 Å². The Morgan fingerprint density at radius 2 is 1.85 bits per heavy atom. The van der Waals surface area contributed by atoms with Crippen LogP contribution < -0.4 is 4.74 Å². The third kappa shape index (κ3) is 3.84. The fraction of sp³-hybridized carbons (Fsp3) is 0.200. The Bertz CT molecular complexity index is 587. The molecule has 2 aromatic rings. The van der Waals surface area contributed by atoms with E-state index in [-0.39, 0.29) is 5.69 Å². The third-order valence-corrected chi connectivity index (χ3v) is 3.33. The van der Waals surface area contributed by atoms with Gasteiger partial charge in [0.25, 0.3) is 0 Å². The van der Waals surface area contributed by atoms with Crippen LogP contribution in [0.25, 0.3) is 0 Å². The Balaban J connectivity index is 2.19. The molecule has 0 aliphatic heterocycles. The Hall–Kier alpha value is -1.80. The van der Waals surface area contributed by atoms with E-state index in [0.29, 0.717) is 12.4 Å². The maximum absolute atomic E-state index is 11.0. The second-order valence-electron chi connectivity index (χ2n) is 4.31. The molecular formula is C15H14AsNO3. The number of hydrogen-bond donors (Lipinski definition) is 0. The SMILES string of the molecule is O=[N+]([O-])c1ccc(CC[As])cc1OCc1ccccc1. The van der Waals surface area contributed by atoms with Crippen LogP contribution >= 0.6 is 0 Å². The molecule has 0 bridgehead atoms. The van der Waals surface area contributed by atoms with E-state index in [9.17, 15) is 10.1 Å². The minimum absolute atomic E-state index is 0.00951. The topological polar surface area (TPSA) is 52.4 Å². The molecule has 0 spiro atoms. The Labute approximate surface area is 126 Å². The van der Waals surface area contributed by atoms with Gasteiger partial charge in [0.2, 0.25) is 0 Å². The van der Waals surface area contributed by atoms with Gasteiger partial charge in [-0.05, 0) is 0 Å². The molecule has 0 unspecified atom stereocenters. The second-order valence-corrected chi connectivity index (χ2v) is 5.25. The van der Waals surface area contributed by atoms with Crippen molar-refractivity contribution in [1.82, 2.24) is 0 Å². The van der Waals surface area contributed by atoms with Crippen molar-refractivity contribution >= 4 is 22.5 Å². The van der Waals surface area contributed by atoms with Crippen LogP contribution in [0, 0.1) is 10.1 Å². The molecule has 0 aromatic heterocycles. The molecule has 0 atom stereocenters. The van der Waals surface area contributed by atoms with Gasteiger partial charge in [-0.2, -0.15) is 0 Å². The number of rotatable bonds is 6. The van der Waals surface area contributed by atoms with Gasteiger partial charge in [-0.1, -0.05) is 0 Å². The number of ether oxygens (including phenoxy) is 1. The molecule has 5 heteroatoms. The molecular weight excluding hydrogens is 317 g/mol. The summed E-state index contributed by atoms with van der Waals surface area (Å²) in [4.78, 5) is 10.6. The number of aryl methyl sites for hydroxylation is 1. The van der Waals surface area contributed by atoms with E-state index in [4.69, 9.17) is 4.74 Å². The summed E-state index contributed by atoms with van der Waals surface area (Å²) in [5.74, 6) is 0.331. The number of hydrogen-bond acceptors (Lipinski definition) is 3. The van der Waals surface area contributed by atoms with Crippen LogP contribution in [0.15, 0.2) is 48.5 Å². The summed E-state index contributed by atoms with van der Waals surface area (Å²) < 4.78 is 5.62. The van der Waals surface area contributed by atoms with Crippen molar-refractivity contribution < 1.29 is 9.66 Å². The first kappa shape index (κ1) is 14.6. The van der Waals surface area contributed by atoms with Crippen LogP contribution in [0.1, 0.15) is 11.1 Å². The molecule has 0 aliphatic rings. The van der Waals surface area contributed by atoms with Crippen LogP contribution in [0.2, 0.25) is 5.21 Å². The molecule has 2 radical (unpaired) electrons. The second kappa shape index (κ2) is 7.11. The first-order valence-corrected chi connectivity index (χ1v) is 7.58. The van der Waals surface area contributed by atoms with Gasteiger partial charge in [-0.25, -0.2) is 0 Å².